The highest BCUT2D eigenvalue weighted by molar-refractivity contribution is 7.09. The molecule has 5 heteroatoms. The Hall–Kier alpha value is -1.43. The summed E-state index contributed by atoms with van der Waals surface area (Å²) in [6, 6.07) is 8.12. The van der Waals surface area contributed by atoms with Gasteiger partial charge in [0, 0.05) is 18.5 Å². The van der Waals surface area contributed by atoms with Crippen molar-refractivity contribution < 1.29 is 4.74 Å². The van der Waals surface area contributed by atoms with Crippen LogP contribution in [0.25, 0.3) is 0 Å². The Morgan fingerprint density at radius 1 is 1.35 bits per heavy atom. The van der Waals surface area contributed by atoms with E-state index in [4.69, 9.17) is 15.5 Å². The fourth-order valence-electron chi connectivity index (χ4n) is 2.92. The lowest BCUT2D eigenvalue weighted by Gasteiger charge is -2.22. The molecule has 2 aromatic rings. The van der Waals surface area contributed by atoms with Crippen LogP contribution in [-0.4, -0.2) is 29.5 Å². The fourth-order valence-corrected chi connectivity index (χ4v) is 3.62. The Kier molecular flexibility index (Phi) is 4.99. The van der Waals surface area contributed by atoms with Crippen molar-refractivity contribution in [2.24, 2.45) is 11.1 Å². The third kappa shape index (κ3) is 4.31. The molecule has 4 nitrogen and oxygen atoms in total. The van der Waals surface area contributed by atoms with Gasteiger partial charge in [0.2, 0.25) is 0 Å². The summed E-state index contributed by atoms with van der Waals surface area (Å²) in [6.45, 7) is 8.73. The number of nitrogens with two attached hydrogens (primary N) is 1. The van der Waals surface area contributed by atoms with Gasteiger partial charge in [-0.2, -0.15) is 0 Å². The molecule has 1 aliphatic rings. The number of thiazole rings is 1. The quantitative estimate of drug-likeness (QED) is 0.883. The fraction of sp³-hybridized carbons (Fsp3) is 0.500. The van der Waals surface area contributed by atoms with Gasteiger partial charge in [0.05, 0.1) is 5.69 Å². The molecule has 124 valence electrons. The van der Waals surface area contributed by atoms with Crippen LogP contribution in [0.3, 0.4) is 0 Å². The number of hydrogen-bond acceptors (Lipinski definition) is 5. The molecule has 3 rings (SSSR count). The molecule has 0 amide bonds. The Bertz CT molecular complexity index is 640. The van der Waals surface area contributed by atoms with Gasteiger partial charge in [-0.1, -0.05) is 24.6 Å². The van der Waals surface area contributed by atoms with Crippen molar-refractivity contribution in [3.63, 3.8) is 0 Å². The summed E-state index contributed by atoms with van der Waals surface area (Å²) in [5.41, 5.74) is 8.52. The molecule has 1 aromatic carbocycles. The predicted molar refractivity (Wildman–Crippen MR) is 94.7 cm³/mol. The number of nitrogens with zero attached hydrogens (tertiary/aromatic N) is 2. The Morgan fingerprint density at radius 3 is 2.83 bits per heavy atom. The van der Waals surface area contributed by atoms with Crippen molar-refractivity contribution in [1.29, 1.82) is 0 Å². The van der Waals surface area contributed by atoms with Crippen LogP contribution in [0.1, 0.15) is 29.6 Å². The summed E-state index contributed by atoms with van der Waals surface area (Å²) in [7, 11) is 0. The second-order valence-electron chi connectivity index (χ2n) is 6.81. The Morgan fingerprint density at radius 2 is 2.13 bits per heavy atom. The first-order chi connectivity index (χ1) is 11.1. The van der Waals surface area contributed by atoms with Crippen molar-refractivity contribution >= 4 is 11.3 Å². The lowest BCUT2D eigenvalue weighted by molar-refractivity contribution is 0.271. The molecule has 2 N–H and O–H groups in total. The summed E-state index contributed by atoms with van der Waals surface area (Å²) >= 11 is 1.67. The molecule has 0 spiro atoms. The minimum atomic E-state index is 0.271. The minimum Gasteiger partial charge on any atom is -0.486 e. The van der Waals surface area contributed by atoms with E-state index in [1.165, 1.54) is 12.0 Å². The average Bonchev–Trinajstić information content (AvgIpc) is 3.15. The molecule has 1 unspecified atom stereocenters. The number of aryl methyl sites for hydroxylation is 1. The molecular weight excluding hydrogens is 306 g/mol. The average molecular weight is 331 g/mol. The predicted octanol–water partition coefficient (Wildman–Crippen LogP) is 3.20. The van der Waals surface area contributed by atoms with Gasteiger partial charge >= 0.3 is 0 Å². The number of benzene rings is 1. The molecule has 1 aliphatic heterocycles. The summed E-state index contributed by atoms with van der Waals surface area (Å²) in [4.78, 5) is 7.15. The van der Waals surface area contributed by atoms with Gasteiger partial charge in [-0.3, -0.25) is 4.90 Å². The van der Waals surface area contributed by atoms with Gasteiger partial charge in [0.25, 0.3) is 0 Å². The highest BCUT2D eigenvalue weighted by atomic mass is 32.1. The van der Waals surface area contributed by atoms with Gasteiger partial charge in [-0.05, 0) is 44.0 Å². The third-order valence-electron chi connectivity index (χ3n) is 4.50. The first-order valence-corrected chi connectivity index (χ1v) is 8.99. The molecule has 23 heavy (non-hydrogen) atoms. The summed E-state index contributed by atoms with van der Waals surface area (Å²) in [6.07, 6.45) is 1.18. The van der Waals surface area contributed by atoms with Crippen LogP contribution >= 0.6 is 11.3 Å². The van der Waals surface area contributed by atoms with Crippen LogP contribution in [0.15, 0.2) is 29.6 Å². The van der Waals surface area contributed by atoms with Crippen molar-refractivity contribution in [1.82, 2.24) is 9.88 Å². The van der Waals surface area contributed by atoms with Crippen LogP contribution in [-0.2, 0) is 13.2 Å². The first kappa shape index (κ1) is 16.4. The lowest BCUT2D eigenvalue weighted by atomic mass is 9.90. The van der Waals surface area contributed by atoms with Gasteiger partial charge in [0.1, 0.15) is 17.4 Å². The summed E-state index contributed by atoms with van der Waals surface area (Å²) in [5, 5.41) is 3.17. The van der Waals surface area contributed by atoms with Gasteiger partial charge in [0.15, 0.2) is 0 Å². The van der Waals surface area contributed by atoms with Crippen LogP contribution in [0, 0.1) is 12.3 Å². The smallest absolute Gasteiger partial charge is 0.140 e. The number of aromatic nitrogens is 1. The molecule has 1 aromatic heterocycles. The lowest BCUT2D eigenvalue weighted by Crippen LogP contribution is -2.31. The third-order valence-corrected chi connectivity index (χ3v) is 5.37. The van der Waals surface area contributed by atoms with E-state index in [1.54, 1.807) is 11.3 Å². The van der Waals surface area contributed by atoms with Crippen molar-refractivity contribution in [3.05, 3.63) is 45.9 Å². The number of ether oxygens (including phenoxy) is 1. The number of rotatable bonds is 6. The number of hydrogen-bond donors (Lipinski definition) is 1. The normalized spacial score (nSPS) is 21.7. The topological polar surface area (TPSA) is 51.4 Å². The van der Waals surface area contributed by atoms with E-state index in [-0.39, 0.29) is 5.41 Å². The Balaban J connectivity index is 1.51. The van der Waals surface area contributed by atoms with Gasteiger partial charge < -0.3 is 10.5 Å². The molecule has 2 heterocycles. The molecule has 1 saturated heterocycles. The van der Waals surface area contributed by atoms with Crippen LogP contribution < -0.4 is 10.5 Å². The molecular formula is C18H25N3OS. The first-order valence-electron chi connectivity index (χ1n) is 8.11. The van der Waals surface area contributed by atoms with Gasteiger partial charge in [-0.15, -0.1) is 11.3 Å². The second-order valence-corrected chi connectivity index (χ2v) is 7.75. The van der Waals surface area contributed by atoms with Crippen LogP contribution in [0.2, 0.25) is 0 Å². The van der Waals surface area contributed by atoms with E-state index in [9.17, 15) is 0 Å². The molecule has 1 fully saturated rings. The van der Waals surface area contributed by atoms with Gasteiger partial charge in [-0.25, -0.2) is 4.98 Å². The largest absolute Gasteiger partial charge is 0.486 e. The maximum absolute atomic E-state index is 5.88. The van der Waals surface area contributed by atoms with Crippen LogP contribution in [0.5, 0.6) is 5.75 Å². The zero-order valence-electron chi connectivity index (χ0n) is 13.9. The van der Waals surface area contributed by atoms with Crippen molar-refractivity contribution in [3.8, 4) is 5.75 Å². The summed E-state index contributed by atoms with van der Waals surface area (Å²) in [5.74, 6) is 0.894. The molecule has 0 radical (unpaired) electrons. The molecule has 0 aliphatic carbocycles. The zero-order chi connectivity index (χ0) is 16.3. The maximum Gasteiger partial charge on any atom is 0.140 e. The maximum atomic E-state index is 5.88. The van der Waals surface area contributed by atoms with Crippen molar-refractivity contribution in [2.75, 3.05) is 19.6 Å². The van der Waals surface area contributed by atoms with Crippen LogP contribution in [0.4, 0.5) is 0 Å². The summed E-state index contributed by atoms with van der Waals surface area (Å²) < 4.78 is 5.80. The van der Waals surface area contributed by atoms with E-state index in [0.717, 1.165) is 42.6 Å². The highest BCUT2D eigenvalue weighted by Gasteiger charge is 2.32. The van der Waals surface area contributed by atoms with E-state index in [0.29, 0.717) is 6.61 Å². The monoisotopic (exact) mass is 331 g/mol. The highest BCUT2D eigenvalue weighted by Crippen LogP contribution is 2.29. The van der Waals surface area contributed by atoms with E-state index in [1.807, 2.05) is 12.1 Å². The second kappa shape index (κ2) is 6.99. The van der Waals surface area contributed by atoms with E-state index >= 15 is 0 Å². The van der Waals surface area contributed by atoms with E-state index < -0.39 is 0 Å². The standard InChI is InChI=1S/C18H25N3OS/c1-14-3-5-16(6-4-14)22-10-17-20-15(11-23-17)9-21-8-7-18(2,12-19)13-21/h3-6,11H,7-10,12-13,19H2,1-2H3. The minimum absolute atomic E-state index is 0.271. The zero-order valence-corrected chi connectivity index (χ0v) is 14.7. The molecule has 1 atom stereocenters. The number of likely N-dealkylation sites (tertiary alicyclic amines) is 1. The van der Waals surface area contributed by atoms with Crippen molar-refractivity contribution in [2.45, 2.75) is 33.4 Å². The molecule has 0 bridgehead atoms. The SMILES string of the molecule is Cc1ccc(OCc2nc(CN3CCC(C)(CN)C3)cs2)cc1. The molecule has 0 saturated carbocycles. The van der Waals surface area contributed by atoms with E-state index in [2.05, 4.69) is 36.3 Å². The Labute approximate surface area is 142 Å².